The zero-order chi connectivity index (χ0) is 13.0. The van der Waals surface area contributed by atoms with Crippen molar-refractivity contribution < 1.29 is 0 Å². The summed E-state index contributed by atoms with van der Waals surface area (Å²) in [4.78, 5) is 15.4. The molecule has 18 heavy (non-hydrogen) atoms. The van der Waals surface area contributed by atoms with Crippen LogP contribution in [-0.2, 0) is 0 Å². The van der Waals surface area contributed by atoms with Crippen LogP contribution in [0.15, 0.2) is 12.4 Å². The van der Waals surface area contributed by atoms with Gasteiger partial charge in [0.2, 0.25) is 0 Å². The Labute approximate surface area is 108 Å². The molecule has 0 saturated carbocycles. The second-order valence-electron chi connectivity index (χ2n) is 4.73. The molecule has 0 amide bonds. The van der Waals surface area contributed by atoms with Crippen molar-refractivity contribution in [1.29, 1.82) is 0 Å². The molecule has 1 fully saturated rings. The summed E-state index contributed by atoms with van der Waals surface area (Å²) < 4.78 is 0. The molecule has 2 heterocycles. The first-order chi connectivity index (χ1) is 8.70. The average Bonchev–Trinajstić information content (AvgIpc) is 2.40. The fourth-order valence-electron chi connectivity index (χ4n) is 2.06. The summed E-state index contributed by atoms with van der Waals surface area (Å²) >= 11 is 0. The van der Waals surface area contributed by atoms with Crippen molar-refractivity contribution in [2.75, 3.05) is 63.2 Å². The smallest absolute Gasteiger partial charge is 0.134 e. The molecule has 1 aromatic rings. The van der Waals surface area contributed by atoms with Gasteiger partial charge in [-0.2, -0.15) is 0 Å². The number of piperazine rings is 1. The van der Waals surface area contributed by atoms with Crippen LogP contribution in [0.3, 0.4) is 0 Å². The Balaban J connectivity index is 2.07. The van der Waals surface area contributed by atoms with Crippen molar-refractivity contribution in [2.24, 2.45) is 5.73 Å². The summed E-state index contributed by atoms with van der Waals surface area (Å²) in [6.45, 7) is 5.64. The van der Waals surface area contributed by atoms with Crippen molar-refractivity contribution in [1.82, 2.24) is 14.9 Å². The molecule has 0 unspecified atom stereocenters. The second-order valence-corrected chi connectivity index (χ2v) is 4.73. The van der Waals surface area contributed by atoms with E-state index in [1.165, 1.54) is 0 Å². The highest BCUT2D eigenvalue weighted by molar-refractivity contribution is 5.50. The molecule has 0 aliphatic carbocycles. The van der Waals surface area contributed by atoms with Gasteiger partial charge in [-0.25, -0.2) is 9.97 Å². The molecule has 0 spiro atoms. The predicted molar refractivity (Wildman–Crippen MR) is 74.1 cm³/mol. The Hall–Kier alpha value is -1.40. The molecular weight excluding hydrogens is 228 g/mol. The Kier molecular flexibility index (Phi) is 4.33. The number of nitrogens with two attached hydrogens (primary N) is 1. The molecule has 100 valence electrons. The number of likely N-dealkylation sites (N-methyl/N-ethyl adjacent to an activating group) is 2. The number of hydrogen-bond acceptors (Lipinski definition) is 6. The van der Waals surface area contributed by atoms with Crippen LogP contribution in [0.4, 0.5) is 11.6 Å². The Morgan fingerprint density at radius 1 is 1.28 bits per heavy atom. The maximum Gasteiger partial charge on any atom is 0.134 e. The molecule has 1 aliphatic rings. The van der Waals surface area contributed by atoms with Gasteiger partial charge in [0.1, 0.15) is 18.0 Å². The molecule has 1 saturated heterocycles. The van der Waals surface area contributed by atoms with Gasteiger partial charge < -0.3 is 20.4 Å². The van der Waals surface area contributed by atoms with Crippen molar-refractivity contribution in [2.45, 2.75) is 0 Å². The molecule has 0 aromatic carbocycles. The van der Waals surface area contributed by atoms with Crippen LogP contribution in [0.25, 0.3) is 0 Å². The third kappa shape index (κ3) is 3.08. The minimum absolute atomic E-state index is 0.629. The van der Waals surface area contributed by atoms with Crippen LogP contribution in [0.1, 0.15) is 0 Å². The Bertz CT molecular complexity index is 375. The predicted octanol–water partition coefficient (Wildman–Crippen LogP) is -0.377. The minimum Gasteiger partial charge on any atom is -0.358 e. The number of anilines is 2. The van der Waals surface area contributed by atoms with Crippen LogP contribution in [0.5, 0.6) is 0 Å². The van der Waals surface area contributed by atoms with Crippen molar-refractivity contribution in [3.63, 3.8) is 0 Å². The van der Waals surface area contributed by atoms with Gasteiger partial charge in [-0.1, -0.05) is 0 Å². The average molecular weight is 250 g/mol. The van der Waals surface area contributed by atoms with Crippen molar-refractivity contribution >= 4 is 11.6 Å². The second kappa shape index (κ2) is 5.97. The van der Waals surface area contributed by atoms with E-state index in [9.17, 15) is 0 Å². The van der Waals surface area contributed by atoms with Gasteiger partial charge in [-0.15, -0.1) is 0 Å². The monoisotopic (exact) mass is 250 g/mol. The maximum atomic E-state index is 5.56. The van der Waals surface area contributed by atoms with E-state index in [4.69, 9.17) is 5.73 Å². The number of hydrogen-bond donors (Lipinski definition) is 1. The maximum absolute atomic E-state index is 5.56. The van der Waals surface area contributed by atoms with Gasteiger partial charge in [0.15, 0.2) is 0 Å². The molecule has 0 atom stereocenters. The van der Waals surface area contributed by atoms with E-state index >= 15 is 0 Å². The molecule has 1 aliphatic heterocycles. The van der Waals surface area contributed by atoms with E-state index in [-0.39, 0.29) is 0 Å². The minimum atomic E-state index is 0.629. The van der Waals surface area contributed by atoms with Gasteiger partial charge in [0, 0.05) is 52.4 Å². The van der Waals surface area contributed by atoms with E-state index in [1.807, 2.05) is 13.1 Å². The van der Waals surface area contributed by atoms with Gasteiger partial charge in [0.05, 0.1) is 0 Å². The number of aromatic nitrogens is 2. The molecule has 0 radical (unpaired) electrons. The van der Waals surface area contributed by atoms with E-state index in [2.05, 4.69) is 31.7 Å². The summed E-state index contributed by atoms with van der Waals surface area (Å²) in [6, 6.07) is 2.04. The highest BCUT2D eigenvalue weighted by atomic mass is 15.3. The van der Waals surface area contributed by atoms with E-state index in [0.717, 1.165) is 44.4 Å². The summed E-state index contributed by atoms with van der Waals surface area (Å²) in [6.07, 6.45) is 1.63. The topological polar surface area (TPSA) is 61.5 Å². The van der Waals surface area contributed by atoms with Crippen molar-refractivity contribution in [3.05, 3.63) is 12.4 Å². The third-order valence-corrected chi connectivity index (χ3v) is 3.32. The number of rotatable bonds is 4. The lowest BCUT2D eigenvalue weighted by atomic mass is 10.3. The fraction of sp³-hybridized carbons (Fsp3) is 0.667. The SMILES string of the molecule is CN1CCN(c2cc(N(C)CCN)ncn2)CC1. The van der Waals surface area contributed by atoms with Gasteiger partial charge >= 0.3 is 0 Å². The third-order valence-electron chi connectivity index (χ3n) is 3.32. The zero-order valence-electron chi connectivity index (χ0n) is 11.2. The zero-order valence-corrected chi connectivity index (χ0v) is 11.2. The largest absolute Gasteiger partial charge is 0.358 e. The summed E-state index contributed by atoms with van der Waals surface area (Å²) in [5.41, 5.74) is 5.56. The van der Waals surface area contributed by atoms with Crippen molar-refractivity contribution in [3.8, 4) is 0 Å². The van der Waals surface area contributed by atoms with Gasteiger partial charge in [0.25, 0.3) is 0 Å². The molecule has 6 heteroatoms. The molecule has 6 nitrogen and oxygen atoms in total. The highest BCUT2D eigenvalue weighted by Gasteiger charge is 2.16. The van der Waals surface area contributed by atoms with Crippen LogP contribution in [0.2, 0.25) is 0 Å². The van der Waals surface area contributed by atoms with Gasteiger partial charge in [-0.05, 0) is 7.05 Å². The Morgan fingerprint density at radius 3 is 2.67 bits per heavy atom. The Morgan fingerprint density at radius 2 is 2.00 bits per heavy atom. The first-order valence-corrected chi connectivity index (χ1v) is 6.37. The van der Waals surface area contributed by atoms with Crippen LogP contribution >= 0.6 is 0 Å². The quantitative estimate of drug-likeness (QED) is 0.786. The molecule has 2 rings (SSSR count). The first kappa shape index (κ1) is 13.0. The van der Waals surface area contributed by atoms with E-state index in [0.29, 0.717) is 6.54 Å². The van der Waals surface area contributed by atoms with Crippen LogP contribution in [0, 0.1) is 0 Å². The summed E-state index contributed by atoms with van der Waals surface area (Å²) in [7, 11) is 4.15. The lowest BCUT2D eigenvalue weighted by molar-refractivity contribution is 0.312. The lowest BCUT2D eigenvalue weighted by Crippen LogP contribution is -2.44. The first-order valence-electron chi connectivity index (χ1n) is 6.37. The van der Waals surface area contributed by atoms with Crippen LogP contribution < -0.4 is 15.5 Å². The van der Waals surface area contributed by atoms with Crippen LogP contribution in [-0.4, -0.2) is 68.2 Å². The number of nitrogens with zero attached hydrogens (tertiary/aromatic N) is 5. The van der Waals surface area contributed by atoms with E-state index in [1.54, 1.807) is 6.33 Å². The summed E-state index contributed by atoms with van der Waals surface area (Å²) in [5, 5.41) is 0. The summed E-state index contributed by atoms with van der Waals surface area (Å²) in [5.74, 6) is 1.95. The lowest BCUT2D eigenvalue weighted by Gasteiger charge is -2.33. The van der Waals surface area contributed by atoms with Gasteiger partial charge in [-0.3, -0.25) is 0 Å². The molecule has 0 bridgehead atoms. The molecule has 2 N–H and O–H groups in total. The molecular formula is C12H22N6. The fourth-order valence-corrected chi connectivity index (χ4v) is 2.06. The van der Waals surface area contributed by atoms with E-state index < -0.39 is 0 Å². The highest BCUT2D eigenvalue weighted by Crippen LogP contribution is 2.17. The normalized spacial score (nSPS) is 16.9. The standard InChI is InChI=1S/C12H22N6/c1-16-5-7-18(8-6-16)12-9-11(14-10-15-12)17(2)4-3-13/h9-10H,3-8,13H2,1-2H3. The molecule has 1 aromatic heterocycles.